The molecule has 0 spiro atoms. The van der Waals surface area contributed by atoms with Crippen LogP contribution in [0, 0.1) is 17.8 Å². The maximum Gasteiger partial charge on any atom is 0.0572 e. The maximum absolute atomic E-state index is 4.22. The summed E-state index contributed by atoms with van der Waals surface area (Å²) in [6.45, 7) is 0. The molecule has 0 N–H and O–H groups in total. The molecule has 2 bridgehead atoms. The molecule has 2 fully saturated rings. The number of aliphatic imine (C=N–C) groups is 1. The molecule has 0 saturated heterocycles. The molecular weight excluding hydrogens is 74.1 g/mol. The van der Waals surface area contributed by atoms with Crippen molar-refractivity contribution in [1.82, 2.24) is 0 Å². The largest absolute Gasteiger partial charge is 0.293 e. The van der Waals surface area contributed by atoms with Crippen LogP contribution >= 0.6 is 0 Å². The van der Waals surface area contributed by atoms with Gasteiger partial charge in [0.05, 0.1) is 6.04 Å². The fourth-order valence-corrected chi connectivity index (χ4v) is 1.63. The number of rotatable bonds is 0. The molecule has 1 heteroatoms. The van der Waals surface area contributed by atoms with E-state index < -0.39 is 0 Å². The predicted octanol–water partition coefficient (Wildman–Crippen LogP) is 0.315. The topological polar surface area (TPSA) is 12.4 Å². The summed E-state index contributed by atoms with van der Waals surface area (Å²) in [6.07, 6.45) is 2.14. The van der Waals surface area contributed by atoms with Gasteiger partial charge in [-0.2, -0.15) is 0 Å². The molecule has 2 heterocycles. The molecule has 0 aromatic rings. The monoisotopic (exact) mass is 79.0 g/mol. The Balaban J connectivity index is 2.35. The van der Waals surface area contributed by atoms with Gasteiger partial charge in [0.2, 0.25) is 0 Å². The summed E-state index contributed by atoms with van der Waals surface area (Å²) >= 11 is 0. The van der Waals surface area contributed by atoms with Crippen LogP contribution in [0.2, 0.25) is 0 Å². The molecule has 0 aromatic heterocycles. The van der Waals surface area contributed by atoms with Crippen molar-refractivity contribution in [3.05, 3.63) is 0 Å². The van der Waals surface area contributed by atoms with Gasteiger partial charge < -0.3 is 0 Å². The number of nitrogens with zero attached hydrogens (tertiary/aromatic N) is 1. The van der Waals surface area contributed by atoms with Crippen LogP contribution in [0.1, 0.15) is 0 Å². The lowest BCUT2D eigenvalue weighted by Crippen LogP contribution is -1.89. The van der Waals surface area contributed by atoms with Gasteiger partial charge in [0.25, 0.3) is 0 Å². The van der Waals surface area contributed by atoms with Crippen molar-refractivity contribution in [2.45, 2.75) is 6.04 Å². The average Bonchev–Trinajstić information content (AvgIpc) is 2.30. The highest BCUT2D eigenvalue weighted by molar-refractivity contribution is 5.76. The summed E-state index contributed by atoms with van der Waals surface area (Å²) < 4.78 is 0. The summed E-state index contributed by atoms with van der Waals surface area (Å²) in [7, 11) is 0. The van der Waals surface area contributed by atoms with E-state index in [4.69, 9.17) is 0 Å². The van der Waals surface area contributed by atoms with Gasteiger partial charge in [-0.1, -0.05) is 0 Å². The van der Waals surface area contributed by atoms with Crippen molar-refractivity contribution in [2.24, 2.45) is 22.7 Å². The van der Waals surface area contributed by atoms with Crippen LogP contribution in [0.4, 0.5) is 0 Å². The Hall–Kier alpha value is -0.330. The Morgan fingerprint density at radius 2 is 2.17 bits per heavy atom. The van der Waals surface area contributed by atoms with Gasteiger partial charge in [-0.3, -0.25) is 4.99 Å². The van der Waals surface area contributed by atoms with E-state index >= 15 is 0 Å². The van der Waals surface area contributed by atoms with Gasteiger partial charge in [0.1, 0.15) is 0 Å². The summed E-state index contributed by atoms with van der Waals surface area (Å²) in [5.74, 6) is 3.13. The lowest BCUT2D eigenvalue weighted by molar-refractivity contribution is 0.750. The van der Waals surface area contributed by atoms with Crippen LogP contribution in [-0.2, 0) is 0 Å². The van der Waals surface area contributed by atoms with E-state index in [0.29, 0.717) is 0 Å². The Labute approximate surface area is 36.1 Å². The molecule has 30 valence electrons. The molecule has 0 radical (unpaired) electrons. The predicted molar refractivity (Wildman–Crippen MR) is 22.7 cm³/mol. The van der Waals surface area contributed by atoms with Crippen molar-refractivity contribution in [3.63, 3.8) is 0 Å². The van der Waals surface area contributed by atoms with Crippen LogP contribution in [0.3, 0.4) is 0 Å². The smallest absolute Gasteiger partial charge is 0.0572 e. The first kappa shape index (κ1) is 2.10. The Morgan fingerprint density at radius 1 is 1.33 bits per heavy atom. The van der Waals surface area contributed by atoms with Gasteiger partial charge in [-0.25, -0.2) is 0 Å². The summed E-state index contributed by atoms with van der Waals surface area (Å²) in [6, 6.07) is 0.843. The van der Waals surface area contributed by atoms with E-state index in [-0.39, 0.29) is 0 Å². The normalized spacial score (nSPS) is 77.3. The standard InChI is InChI=1S/C5H5N/c1-2-3-4(2)5(3)6-1/h1-5H/t2?,3-,4?,5?/m1/s1. The lowest BCUT2D eigenvalue weighted by Gasteiger charge is -1.82. The molecule has 1 nitrogen and oxygen atoms in total. The van der Waals surface area contributed by atoms with E-state index in [0.717, 1.165) is 23.8 Å². The van der Waals surface area contributed by atoms with Crippen LogP contribution in [0.5, 0.6) is 0 Å². The first-order valence-corrected chi connectivity index (χ1v) is 2.52. The van der Waals surface area contributed by atoms with Crippen LogP contribution in [-0.4, -0.2) is 12.3 Å². The first-order chi connectivity index (χ1) is 2.98. The molecule has 0 aromatic carbocycles. The van der Waals surface area contributed by atoms with Crippen molar-refractivity contribution in [2.75, 3.05) is 0 Å². The van der Waals surface area contributed by atoms with Gasteiger partial charge in [-0.05, 0) is 11.8 Å². The molecule has 2 aliphatic heterocycles. The SMILES string of the molecule is C1=NC2C3C1[C@@H]23. The van der Waals surface area contributed by atoms with Crippen molar-refractivity contribution >= 4 is 6.21 Å². The molecule has 2 aliphatic carbocycles. The highest BCUT2D eigenvalue weighted by atomic mass is 15.1. The second-order valence-corrected chi connectivity index (χ2v) is 2.52. The molecule has 6 heavy (non-hydrogen) atoms. The number of hydrogen-bond acceptors (Lipinski definition) is 1. The highest BCUT2D eigenvalue weighted by Crippen LogP contribution is 2.72. The summed E-state index contributed by atoms with van der Waals surface area (Å²) in [4.78, 5) is 4.22. The quantitative estimate of drug-likeness (QED) is 0.396. The second-order valence-electron chi connectivity index (χ2n) is 2.52. The van der Waals surface area contributed by atoms with Gasteiger partial charge in [0, 0.05) is 12.1 Å². The highest BCUT2D eigenvalue weighted by Gasteiger charge is 2.76. The molecule has 4 aliphatic rings. The van der Waals surface area contributed by atoms with E-state index in [1.807, 2.05) is 0 Å². The molecule has 4 rings (SSSR count). The summed E-state index contributed by atoms with van der Waals surface area (Å²) in [5.41, 5.74) is 0. The zero-order valence-electron chi connectivity index (χ0n) is 3.33. The Bertz CT molecular complexity index is 115. The molecular formula is C5H5N. The Morgan fingerprint density at radius 3 is 2.33 bits per heavy atom. The maximum atomic E-state index is 4.22. The zero-order chi connectivity index (χ0) is 3.72. The molecule has 3 unspecified atom stereocenters. The Kier molecular flexibility index (Phi) is 0.118. The van der Waals surface area contributed by atoms with E-state index in [9.17, 15) is 0 Å². The van der Waals surface area contributed by atoms with Crippen LogP contribution in [0.25, 0.3) is 0 Å². The third-order valence-electron chi connectivity index (χ3n) is 2.27. The lowest BCUT2D eigenvalue weighted by atomic mass is 10.2. The van der Waals surface area contributed by atoms with Crippen LogP contribution in [0.15, 0.2) is 4.99 Å². The van der Waals surface area contributed by atoms with Crippen molar-refractivity contribution < 1.29 is 0 Å². The average molecular weight is 79.1 g/mol. The minimum absolute atomic E-state index is 0.843. The third kappa shape index (κ3) is 0.0612. The fourth-order valence-electron chi connectivity index (χ4n) is 1.63. The van der Waals surface area contributed by atoms with Gasteiger partial charge in [0.15, 0.2) is 0 Å². The zero-order valence-corrected chi connectivity index (χ0v) is 3.33. The molecule has 0 amide bonds. The molecule has 2 saturated carbocycles. The van der Waals surface area contributed by atoms with Crippen LogP contribution < -0.4 is 0 Å². The van der Waals surface area contributed by atoms with Crippen molar-refractivity contribution in [1.29, 1.82) is 0 Å². The third-order valence-corrected chi connectivity index (χ3v) is 2.27. The summed E-state index contributed by atoms with van der Waals surface area (Å²) in [5, 5.41) is 0. The first-order valence-electron chi connectivity index (χ1n) is 2.52. The van der Waals surface area contributed by atoms with Crippen molar-refractivity contribution in [3.8, 4) is 0 Å². The van der Waals surface area contributed by atoms with E-state index in [2.05, 4.69) is 11.2 Å². The minimum atomic E-state index is 0.843. The number of hydrogen-bond donors (Lipinski definition) is 0. The van der Waals surface area contributed by atoms with Gasteiger partial charge in [-0.15, -0.1) is 0 Å². The minimum Gasteiger partial charge on any atom is -0.293 e. The fraction of sp³-hybridized carbons (Fsp3) is 0.800. The molecule has 4 atom stereocenters. The van der Waals surface area contributed by atoms with E-state index in [1.165, 1.54) is 0 Å². The van der Waals surface area contributed by atoms with E-state index in [1.54, 1.807) is 0 Å². The second kappa shape index (κ2) is 0.337. The van der Waals surface area contributed by atoms with Gasteiger partial charge >= 0.3 is 0 Å².